The number of benzene rings is 1. The number of hydrogen-bond acceptors (Lipinski definition) is 4. The summed E-state index contributed by atoms with van der Waals surface area (Å²) < 4.78 is 4.80. The average Bonchev–Trinajstić information content (AvgIpc) is 2.53. The topological polar surface area (TPSA) is 61.9 Å². The highest BCUT2D eigenvalue weighted by atomic mass is 16.5. The third kappa shape index (κ3) is 5.81. The summed E-state index contributed by atoms with van der Waals surface area (Å²) in [6.07, 6.45) is -0.465. The van der Waals surface area contributed by atoms with Gasteiger partial charge in [0, 0.05) is 44.5 Å². The standard InChI is InChI=1S/C17H27N3O3/c1-5-19(6-2)15-8-10-16(11-9-15)20(14(4)21)13-12-18-17(22)23-7-3/h8-11H,5-7,12-13H2,1-4H3,(H,18,22). The zero-order valence-electron chi connectivity index (χ0n) is 14.5. The molecular formula is C17H27N3O3. The van der Waals surface area contributed by atoms with Crippen LogP contribution < -0.4 is 15.1 Å². The molecule has 0 bridgehead atoms. The van der Waals surface area contributed by atoms with Crippen molar-refractivity contribution in [2.24, 2.45) is 0 Å². The second-order valence-electron chi connectivity index (χ2n) is 5.01. The molecule has 0 saturated heterocycles. The van der Waals surface area contributed by atoms with E-state index in [9.17, 15) is 9.59 Å². The summed E-state index contributed by atoms with van der Waals surface area (Å²) in [5.74, 6) is -0.0637. The smallest absolute Gasteiger partial charge is 0.407 e. The third-order valence-corrected chi connectivity index (χ3v) is 3.55. The predicted octanol–water partition coefficient (Wildman–Crippen LogP) is 2.63. The number of carbonyl (C=O) groups excluding carboxylic acids is 2. The Balaban J connectivity index is 2.70. The van der Waals surface area contributed by atoms with Gasteiger partial charge in [-0.25, -0.2) is 4.79 Å². The summed E-state index contributed by atoms with van der Waals surface area (Å²) >= 11 is 0. The quantitative estimate of drug-likeness (QED) is 0.799. The van der Waals surface area contributed by atoms with E-state index in [1.165, 1.54) is 6.92 Å². The van der Waals surface area contributed by atoms with Gasteiger partial charge < -0.3 is 19.9 Å². The number of nitrogens with zero attached hydrogens (tertiary/aromatic N) is 2. The lowest BCUT2D eigenvalue weighted by atomic mass is 10.2. The summed E-state index contributed by atoms with van der Waals surface area (Å²) in [5, 5.41) is 2.62. The molecule has 0 atom stereocenters. The molecule has 0 unspecified atom stereocenters. The van der Waals surface area contributed by atoms with Crippen molar-refractivity contribution in [2.45, 2.75) is 27.7 Å². The molecule has 0 aliphatic carbocycles. The molecule has 23 heavy (non-hydrogen) atoms. The predicted molar refractivity (Wildman–Crippen MR) is 93.1 cm³/mol. The monoisotopic (exact) mass is 321 g/mol. The van der Waals surface area contributed by atoms with E-state index in [0.717, 1.165) is 24.5 Å². The maximum atomic E-state index is 11.8. The molecule has 2 amide bonds. The molecule has 128 valence electrons. The minimum Gasteiger partial charge on any atom is -0.450 e. The number of nitrogens with one attached hydrogen (secondary N) is 1. The van der Waals surface area contributed by atoms with Gasteiger partial charge in [0.15, 0.2) is 0 Å². The molecule has 0 aliphatic heterocycles. The molecule has 1 aromatic rings. The molecule has 0 fully saturated rings. The normalized spacial score (nSPS) is 10.1. The Morgan fingerprint density at radius 1 is 1.04 bits per heavy atom. The van der Waals surface area contributed by atoms with Crippen LogP contribution >= 0.6 is 0 Å². The fourth-order valence-corrected chi connectivity index (χ4v) is 2.35. The van der Waals surface area contributed by atoms with Gasteiger partial charge in [0.2, 0.25) is 5.91 Å². The Morgan fingerprint density at radius 2 is 1.61 bits per heavy atom. The molecule has 0 spiro atoms. The molecule has 1 aromatic carbocycles. The van der Waals surface area contributed by atoms with Crippen LogP contribution in [0.25, 0.3) is 0 Å². The molecule has 0 saturated carbocycles. The number of ether oxygens (including phenoxy) is 1. The largest absolute Gasteiger partial charge is 0.450 e. The second kappa shape index (κ2) is 9.71. The number of hydrogen-bond donors (Lipinski definition) is 1. The molecule has 6 nitrogen and oxygen atoms in total. The number of anilines is 2. The molecule has 6 heteroatoms. The van der Waals surface area contributed by atoms with Gasteiger partial charge in [0.1, 0.15) is 0 Å². The van der Waals surface area contributed by atoms with E-state index < -0.39 is 6.09 Å². The van der Waals surface area contributed by atoms with Crippen LogP contribution in [0.2, 0.25) is 0 Å². The van der Waals surface area contributed by atoms with Crippen molar-refractivity contribution in [1.29, 1.82) is 0 Å². The Hall–Kier alpha value is -2.24. The Labute approximate surface area is 138 Å². The molecular weight excluding hydrogens is 294 g/mol. The molecule has 0 radical (unpaired) electrons. The first kappa shape index (κ1) is 18.8. The van der Waals surface area contributed by atoms with Gasteiger partial charge in [-0.15, -0.1) is 0 Å². The average molecular weight is 321 g/mol. The number of amides is 2. The van der Waals surface area contributed by atoms with Gasteiger partial charge in [-0.05, 0) is 45.0 Å². The van der Waals surface area contributed by atoms with Crippen molar-refractivity contribution in [2.75, 3.05) is 42.6 Å². The van der Waals surface area contributed by atoms with Crippen molar-refractivity contribution < 1.29 is 14.3 Å². The van der Waals surface area contributed by atoms with E-state index in [4.69, 9.17) is 4.74 Å². The zero-order chi connectivity index (χ0) is 17.2. The van der Waals surface area contributed by atoms with Crippen LogP contribution in [0.15, 0.2) is 24.3 Å². The molecule has 0 aliphatic rings. The summed E-state index contributed by atoms with van der Waals surface area (Å²) in [5.41, 5.74) is 1.95. The van der Waals surface area contributed by atoms with Gasteiger partial charge in [0.05, 0.1) is 6.61 Å². The van der Waals surface area contributed by atoms with E-state index >= 15 is 0 Å². The summed E-state index contributed by atoms with van der Waals surface area (Å²) in [4.78, 5) is 27.0. The first-order valence-corrected chi connectivity index (χ1v) is 8.07. The minimum absolute atomic E-state index is 0.0637. The third-order valence-electron chi connectivity index (χ3n) is 3.55. The van der Waals surface area contributed by atoms with Crippen LogP contribution in [0, 0.1) is 0 Å². The summed E-state index contributed by atoms with van der Waals surface area (Å²) in [6, 6.07) is 7.88. The lowest BCUT2D eigenvalue weighted by molar-refractivity contribution is -0.116. The van der Waals surface area contributed by atoms with Crippen LogP contribution in [0.3, 0.4) is 0 Å². The van der Waals surface area contributed by atoms with E-state index in [1.54, 1.807) is 11.8 Å². The van der Waals surface area contributed by atoms with Gasteiger partial charge in [-0.2, -0.15) is 0 Å². The van der Waals surface area contributed by atoms with Crippen molar-refractivity contribution in [3.8, 4) is 0 Å². The fraction of sp³-hybridized carbons (Fsp3) is 0.529. The Kier molecular flexibility index (Phi) is 7.94. The summed E-state index contributed by atoms with van der Waals surface area (Å²) in [7, 11) is 0. The number of rotatable bonds is 8. The van der Waals surface area contributed by atoms with Crippen molar-refractivity contribution in [1.82, 2.24) is 5.32 Å². The van der Waals surface area contributed by atoms with Crippen LogP contribution in [-0.2, 0) is 9.53 Å². The van der Waals surface area contributed by atoms with Crippen molar-refractivity contribution in [3.63, 3.8) is 0 Å². The molecule has 1 rings (SSSR count). The van der Waals surface area contributed by atoms with Gasteiger partial charge in [-0.3, -0.25) is 4.79 Å². The first-order valence-electron chi connectivity index (χ1n) is 8.07. The highest BCUT2D eigenvalue weighted by Gasteiger charge is 2.12. The molecule has 0 aromatic heterocycles. The van der Waals surface area contributed by atoms with Crippen LogP contribution in [0.4, 0.5) is 16.2 Å². The summed E-state index contributed by atoms with van der Waals surface area (Å²) in [6.45, 7) is 10.4. The van der Waals surface area contributed by atoms with E-state index in [0.29, 0.717) is 19.7 Å². The van der Waals surface area contributed by atoms with E-state index in [1.807, 2.05) is 24.3 Å². The van der Waals surface area contributed by atoms with Crippen LogP contribution in [-0.4, -0.2) is 44.8 Å². The Morgan fingerprint density at radius 3 is 2.09 bits per heavy atom. The fourth-order valence-electron chi connectivity index (χ4n) is 2.35. The molecule has 1 N–H and O–H groups in total. The second-order valence-corrected chi connectivity index (χ2v) is 5.01. The maximum Gasteiger partial charge on any atom is 0.407 e. The number of alkyl carbamates (subject to hydrolysis) is 1. The highest BCUT2D eigenvalue weighted by Crippen LogP contribution is 2.20. The first-order chi connectivity index (χ1) is 11.0. The Bertz CT molecular complexity index is 498. The SMILES string of the molecule is CCOC(=O)NCCN(C(C)=O)c1ccc(N(CC)CC)cc1. The van der Waals surface area contributed by atoms with Crippen LogP contribution in [0.5, 0.6) is 0 Å². The van der Waals surface area contributed by atoms with Gasteiger partial charge in [-0.1, -0.05) is 0 Å². The zero-order valence-corrected chi connectivity index (χ0v) is 14.5. The lowest BCUT2D eigenvalue weighted by Gasteiger charge is -2.24. The van der Waals surface area contributed by atoms with Crippen molar-refractivity contribution in [3.05, 3.63) is 24.3 Å². The highest BCUT2D eigenvalue weighted by molar-refractivity contribution is 5.91. The van der Waals surface area contributed by atoms with Gasteiger partial charge >= 0.3 is 6.09 Å². The van der Waals surface area contributed by atoms with E-state index in [-0.39, 0.29) is 5.91 Å². The van der Waals surface area contributed by atoms with Crippen molar-refractivity contribution >= 4 is 23.4 Å². The van der Waals surface area contributed by atoms with E-state index in [2.05, 4.69) is 24.1 Å². The maximum absolute atomic E-state index is 11.8. The van der Waals surface area contributed by atoms with Gasteiger partial charge in [0.25, 0.3) is 0 Å². The number of carbonyl (C=O) groups is 2. The molecule has 0 heterocycles. The lowest BCUT2D eigenvalue weighted by Crippen LogP contribution is -2.37. The van der Waals surface area contributed by atoms with Crippen LogP contribution in [0.1, 0.15) is 27.7 Å². The minimum atomic E-state index is -0.465.